The van der Waals surface area contributed by atoms with E-state index < -0.39 is 18.1 Å². The number of carbonyl (C=O) groups excluding carboxylic acids is 1. The van der Waals surface area contributed by atoms with Crippen LogP contribution in [0.1, 0.15) is 23.6 Å². The van der Waals surface area contributed by atoms with Gasteiger partial charge in [0, 0.05) is 18.4 Å². The molecule has 1 aliphatic heterocycles. The molecule has 0 spiro atoms. The SMILES string of the molecule is N#Cc1cccc2cccc([C@H](N3CCC(=O)N3)C(F)(F)F)c12. The van der Waals surface area contributed by atoms with Crippen molar-refractivity contribution in [1.29, 1.82) is 5.26 Å². The fourth-order valence-electron chi connectivity index (χ4n) is 2.90. The zero-order valence-corrected chi connectivity index (χ0v) is 11.9. The predicted octanol–water partition coefficient (Wildman–Crippen LogP) is 3.05. The smallest absolute Gasteiger partial charge is 0.288 e. The minimum atomic E-state index is -4.59. The second-order valence-corrected chi connectivity index (χ2v) is 5.29. The molecule has 1 amide bonds. The second-order valence-electron chi connectivity index (χ2n) is 5.29. The van der Waals surface area contributed by atoms with Gasteiger partial charge in [-0.05, 0) is 17.0 Å². The average molecular weight is 319 g/mol. The van der Waals surface area contributed by atoms with Crippen LogP contribution in [0.5, 0.6) is 0 Å². The lowest BCUT2D eigenvalue weighted by Crippen LogP contribution is -2.43. The van der Waals surface area contributed by atoms with Crippen molar-refractivity contribution in [3.8, 4) is 6.07 Å². The molecule has 0 bridgehead atoms. The van der Waals surface area contributed by atoms with Gasteiger partial charge in [-0.3, -0.25) is 10.2 Å². The molecule has 7 heteroatoms. The Kier molecular flexibility index (Phi) is 3.70. The molecule has 1 fully saturated rings. The Morgan fingerprint density at radius 3 is 2.48 bits per heavy atom. The maximum absolute atomic E-state index is 13.7. The van der Waals surface area contributed by atoms with E-state index >= 15 is 0 Å². The third-order valence-corrected chi connectivity index (χ3v) is 3.82. The van der Waals surface area contributed by atoms with Crippen molar-refractivity contribution in [3.63, 3.8) is 0 Å². The van der Waals surface area contributed by atoms with Gasteiger partial charge in [0.05, 0.1) is 11.6 Å². The van der Waals surface area contributed by atoms with Crippen molar-refractivity contribution in [2.24, 2.45) is 0 Å². The number of hydrogen-bond acceptors (Lipinski definition) is 3. The third-order valence-electron chi connectivity index (χ3n) is 3.82. The van der Waals surface area contributed by atoms with E-state index in [2.05, 4.69) is 5.43 Å². The monoisotopic (exact) mass is 319 g/mol. The molecule has 0 aliphatic carbocycles. The van der Waals surface area contributed by atoms with Crippen LogP contribution in [-0.2, 0) is 4.79 Å². The number of hydrogen-bond donors (Lipinski definition) is 1. The molecule has 23 heavy (non-hydrogen) atoms. The number of carbonyl (C=O) groups is 1. The highest BCUT2D eigenvalue weighted by atomic mass is 19.4. The summed E-state index contributed by atoms with van der Waals surface area (Å²) in [6, 6.07) is 9.27. The highest BCUT2D eigenvalue weighted by Crippen LogP contribution is 2.41. The number of amides is 1. The number of fused-ring (bicyclic) bond motifs is 1. The first-order valence-corrected chi connectivity index (χ1v) is 6.96. The normalized spacial score (nSPS) is 17.0. The van der Waals surface area contributed by atoms with Crippen molar-refractivity contribution in [1.82, 2.24) is 10.4 Å². The molecule has 3 rings (SSSR count). The minimum absolute atomic E-state index is 0.0163. The molecule has 1 heterocycles. The molecular formula is C16H12F3N3O. The lowest BCUT2D eigenvalue weighted by Gasteiger charge is -2.30. The van der Waals surface area contributed by atoms with Crippen molar-refractivity contribution >= 4 is 16.7 Å². The lowest BCUT2D eigenvalue weighted by atomic mass is 9.94. The van der Waals surface area contributed by atoms with E-state index in [9.17, 15) is 23.2 Å². The summed E-state index contributed by atoms with van der Waals surface area (Å²) < 4.78 is 41.0. The van der Waals surface area contributed by atoms with E-state index in [1.165, 1.54) is 18.2 Å². The zero-order valence-electron chi connectivity index (χ0n) is 11.9. The molecule has 118 valence electrons. The standard InChI is InChI=1S/C16H12F3N3O/c17-16(18,19)15(22-8-7-13(23)21-22)12-6-2-4-10-3-1-5-11(9-20)14(10)12/h1-6,15H,7-8H2,(H,21,23)/t15-/m0/s1. The Morgan fingerprint density at radius 2 is 1.91 bits per heavy atom. The number of hydrazine groups is 1. The first-order chi connectivity index (χ1) is 10.9. The summed E-state index contributed by atoms with van der Waals surface area (Å²) in [5.41, 5.74) is 2.40. The van der Waals surface area contributed by atoms with E-state index in [1.807, 2.05) is 6.07 Å². The van der Waals surface area contributed by atoms with E-state index in [4.69, 9.17) is 0 Å². The van der Waals surface area contributed by atoms with Gasteiger partial charge < -0.3 is 0 Å². The molecule has 2 aromatic carbocycles. The largest absolute Gasteiger partial charge is 0.409 e. The number of rotatable bonds is 2. The van der Waals surface area contributed by atoms with E-state index in [1.54, 1.807) is 18.2 Å². The van der Waals surface area contributed by atoms with E-state index in [-0.39, 0.29) is 29.5 Å². The Morgan fingerprint density at radius 1 is 1.22 bits per heavy atom. The maximum Gasteiger partial charge on any atom is 0.409 e. The van der Waals surface area contributed by atoms with Crippen molar-refractivity contribution < 1.29 is 18.0 Å². The van der Waals surface area contributed by atoms with Gasteiger partial charge in [-0.25, -0.2) is 5.01 Å². The van der Waals surface area contributed by atoms with Crippen LogP contribution in [0, 0.1) is 11.3 Å². The van der Waals surface area contributed by atoms with Gasteiger partial charge in [0.25, 0.3) is 0 Å². The zero-order chi connectivity index (χ0) is 16.6. The Labute approximate surface area is 130 Å². The Balaban J connectivity index is 2.23. The number of halogens is 3. The number of nitrogens with one attached hydrogen (secondary N) is 1. The highest BCUT2D eigenvalue weighted by molar-refractivity contribution is 5.91. The van der Waals surface area contributed by atoms with Gasteiger partial charge in [0.15, 0.2) is 6.04 Å². The Bertz CT molecular complexity index is 805. The molecule has 0 saturated carbocycles. The Hall–Kier alpha value is -2.59. The van der Waals surface area contributed by atoms with Crippen LogP contribution in [0.4, 0.5) is 13.2 Å². The van der Waals surface area contributed by atoms with Gasteiger partial charge in [-0.1, -0.05) is 30.3 Å². The number of alkyl halides is 3. The van der Waals surface area contributed by atoms with Gasteiger partial charge in [0.1, 0.15) is 0 Å². The number of nitriles is 1. The van der Waals surface area contributed by atoms with Crippen LogP contribution in [0.15, 0.2) is 36.4 Å². The maximum atomic E-state index is 13.7. The summed E-state index contributed by atoms with van der Waals surface area (Å²) >= 11 is 0. The first kappa shape index (κ1) is 15.3. The molecular weight excluding hydrogens is 307 g/mol. The van der Waals surface area contributed by atoms with Crippen molar-refractivity contribution in [2.45, 2.75) is 18.6 Å². The van der Waals surface area contributed by atoms with Crippen LogP contribution in [0.25, 0.3) is 10.8 Å². The summed E-state index contributed by atoms with van der Waals surface area (Å²) in [6.07, 6.45) is -4.57. The quantitative estimate of drug-likeness (QED) is 0.925. The fourth-order valence-corrected chi connectivity index (χ4v) is 2.90. The van der Waals surface area contributed by atoms with E-state index in [0.717, 1.165) is 5.01 Å². The van der Waals surface area contributed by atoms with Gasteiger partial charge >= 0.3 is 6.18 Å². The van der Waals surface area contributed by atoms with Crippen LogP contribution in [0.2, 0.25) is 0 Å². The average Bonchev–Trinajstić information content (AvgIpc) is 2.91. The first-order valence-electron chi connectivity index (χ1n) is 6.96. The fraction of sp³-hybridized carbons (Fsp3) is 0.250. The van der Waals surface area contributed by atoms with Crippen LogP contribution in [-0.4, -0.2) is 23.6 Å². The predicted molar refractivity (Wildman–Crippen MR) is 76.9 cm³/mol. The molecule has 1 aliphatic rings. The summed E-state index contributed by atoms with van der Waals surface area (Å²) in [5, 5.41) is 11.0. The van der Waals surface area contributed by atoms with Crippen molar-refractivity contribution in [2.75, 3.05) is 6.54 Å². The topological polar surface area (TPSA) is 56.1 Å². The summed E-state index contributed by atoms with van der Waals surface area (Å²) in [4.78, 5) is 11.3. The minimum Gasteiger partial charge on any atom is -0.288 e. The van der Waals surface area contributed by atoms with Crippen molar-refractivity contribution in [3.05, 3.63) is 47.5 Å². The lowest BCUT2D eigenvalue weighted by molar-refractivity contribution is -0.190. The van der Waals surface area contributed by atoms with Crippen LogP contribution < -0.4 is 5.43 Å². The summed E-state index contributed by atoms with van der Waals surface area (Å²) in [7, 11) is 0. The molecule has 2 aromatic rings. The van der Waals surface area contributed by atoms with Crippen LogP contribution >= 0.6 is 0 Å². The molecule has 0 aromatic heterocycles. The van der Waals surface area contributed by atoms with Gasteiger partial charge in [-0.15, -0.1) is 0 Å². The third kappa shape index (κ3) is 2.73. The van der Waals surface area contributed by atoms with E-state index in [0.29, 0.717) is 5.39 Å². The van der Waals surface area contributed by atoms with Crippen LogP contribution in [0.3, 0.4) is 0 Å². The number of nitrogens with zero attached hydrogens (tertiary/aromatic N) is 2. The molecule has 1 N–H and O–H groups in total. The molecule has 0 unspecified atom stereocenters. The number of benzene rings is 2. The molecule has 1 saturated heterocycles. The molecule has 4 nitrogen and oxygen atoms in total. The highest BCUT2D eigenvalue weighted by Gasteiger charge is 2.47. The van der Waals surface area contributed by atoms with Gasteiger partial charge in [0.2, 0.25) is 5.91 Å². The van der Waals surface area contributed by atoms with Gasteiger partial charge in [-0.2, -0.15) is 18.4 Å². The molecule has 1 atom stereocenters. The summed E-state index contributed by atoms with van der Waals surface area (Å²) in [5.74, 6) is -0.444. The molecule has 0 radical (unpaired) electrons. The second kappa shape index (κ2) is 5.56. The summed E-state index contributed by atoms with van der Waals surface area (Å²) in [6.45, 7) is -0.0336.